The number of benzene rings is 1. The lowest BCUT2D eigenvalue weighted by atomic mass is 9.84. The Hall–Kier alpha value is -3.28. The summed E-state index contributed by atoms with van der Waals surface area (Å²) in [6.07, 6.45) is 3.33. The van der Waals surface area contributed by atoms with Crippen LogP contribution in [0.3, 0.4) is 0 Å². The number of aromatic nitrogens is 2. The predicted molar refractivity (Wildman–Crippen MR) is 139 cm³/mol. The van der Waals surface area contributed by atoms with Crippen molar-refractivity contribution in [3.8, 4) is 0 Å². The van der Waals surface area contributed by atoms with Crippen molar-refractivity contribution in [2.75, 3.05) is 31.2 Å². The van der Waals surface area contributed by atoms with E-state index in [2.05, 4.69) is 4.98 Å². The first-order chi connectivity index (χ1) is 17.9. The molecule has 2 fully saturated rings. The molecule has 0 bridgehead atoms. The van der Waals surface area contributed by atoms with Gasteiger partial charge in [-0.2, -0.15) is 0 Å². The van der Waals surface area contributed by atoms with Gasteiger partial charge in [0.15, 0.2) is 0 Å². The van der Waals surface area contributed by atoms with Crippen LogP contribution in [0.4, 0.5) is 5.69 Å². The van der Waals surface area contributed by atoms with Crippen LogP contribution in [0.15, 0.2) is 58.6 Å². The van der Waals surface area contributed by atoms with Crippen LogP contribution in [0.25, 0.3) is 0 Å². The van der Waals surface area contributed by atoms with E-state index in [9.17, 15) is 19.2 Å². The van der Waals surface area contributed by atoms with Gasteiger partial charge in [-0.05, 0) is 30.7 Å². The van der Waals surface area contributed by atoms with Crippen LogP contribution < -0.4 is 9.77 Å². The van der Waals surface area contributed by atoms with Crippen LogP contribution in [0, 0.1) is 12.8 Å². The molecule has 9 nitrogen and oxygen atoms in total. The SMILES string of the molecule is Cc1ccc(N2C(=O)[C@H]3[C@H](c4cccnc4)c4sc(=O)n(CC(=O)N5CCOCC5)c4S[C@H]3C2=O)cc1. The normalized spacial score (nSPS) is 23.2. The summed E-state index contributed by atoms with van der Waals surface area (Å²) in [7, 11) is 0. The monoisotopic (exact) mass is 536 g/mol. The Labute approximate surface area is 221 Å². The van der Waals surface area contributed by atoms with Gasteiger partial charge in [-0.1, -0.05) is 46.9 Å². The quantitative estimate of drug-likeness (QED) is 0.472. The molecule has 6 rings (SSSR count). The van der Waals surface area contributed by atoms with Crippen LogP contribution in [-0.2, 0) is 25.7 Å². The molecule has 0 N–H and O–H groups in total. The number of ether oxygens (including phenoxy) is 1. The van der Waals surface area contributed by atoms with Crippen LogP contribution in [-0.4, -0.2) is 63.7 Å². The Morgan fingerprint density at radius 1 is 1.08 bits per heavy atom. The molecule has 0 unspecified atom stereocenters. The number of aryl methyl sites for hydroxylation is 1. The molecular weight excluding hydrogens is 512 g/mol. The highest BCUT2D eigenvalue weighted by atomic mass is 32.2. The Bertz CT molecular complexity index is 1430. The Morgan fingerprint density at radius 2 is 1.84 bits per heavy atom. The van der Waals surface area contributed by atoms with E-state index < -0.39 is 17.1 Å². The predicted octanol–water partition coefficient (Wildman–Crippen LogP) is 2.27. The molecule has 0 spiro atoms. The summed E-state index contributed by atoms with van der Waals surface area (Å²) < 4.78 is 6.81. The lowest BCUT2D eigenvalue weighted by Gasteiger charge is -2.31. The number of anilines is 1. The molecule has 3 amide bonds. The number of fused-ring (bicyclic) bond motifs is 2. The number of thiazole rings is 1. The van der Waals surface area contributed by atoms with Crippen LogP contribution in [0.5, 0.6) is 0 Å². The number of amides is 3. The van der Waals surface area contributed by atoms with Crippen molar-refractivity contribution in [3.05, 3.63) is 74.5 Å². The fraction of sp³-hybridized carbons (Fsp3) is 0.346. The molecule has 190 valence electrons. The summed E-state index contributed by atoms with van der Waals surface area (Å²) in [6.45, 7) is 3.73. The first kappa shape index (κ1) is 24.1. The van der Waals surface area contributed by atoms with Gasteiger partial charge in [0.25, 0.3) is 0 Å². The standard InChI is InChI=1S/C26H24N4O5S2/c1-15-4-6-17(7-5-15)30-23(32)20-19(16-3-2-8-27-13-16)22-25(36-21(20)24(30)33)29(26(34)37-22)14-18(31)28-9-11-35-12-10-28/h2-8,13,19-21H,9-12,14H2,1H3/t19-,20-,21+/m0/s1. The molecule has 1 aromatic carbocycles. The van der Waals surface area contributed by atoms with Crippen molar-refractivity contribution < 1.29 is 19.1 Å². The van der Waals surface area contributed by atoms with Gasteiger partial charge in [0.2, 0.25) is 17.7 Å². The number of pyridine rings is 1. The maximum absolute atomic E-state index is 13.8. The molecule has 0 saturated carbocycles. The third-order valence-corrected chi connectivity index (χ3v) is 9.65. The molecule has 2 aromatic heterocycles. The van der Waals surface area contributed by atoms with E-state index in [-0.39, 0.29) is 29.1 Å². The minimum absolute atomic E-state index is 0.112. The lowest BCUT2D eigenvalue weighted by Crippen LogP contribution is -2.43. The van der Waals surface area contributed by atoms with Crippen LogP contribution in [0.1, 0.15) is 21.9 Å². The average Bonchev–Trinajstić information content (AvgIpc) is 3.36. The van der Waals surface area contributed by atoms with Gasteiger partial charge >= 0.3 is 4.87 Å². The minimum atomic E-state index is -0.717. The van der Waals surface area contributed by atoms with Gasteiger partial charge in [-0.25, -0.2) is 4.90 Å². The largest absolute Gasteiger partial charge is 0.378 e. The van der Waals surface area contributed by atoms with E-state index in [1.807, 2.05) is 25.1 Å². The third-order valence-electron chi connectivity index (χ3n) is 7.04. The third kappa shape index (κ3) is 4.11. The van der Waals surface area contributed by atoms with Crippen molar-refractivity contribution in [3.63, 3.8) is 0 Å². The number of rotatable bonds is 4. The summed E-state index contributed by atoms with van der Waals surface area (Å²) in [5.41, 5.74) is 2.32. The molecular formula is C26H24N4O5S2. The van der Waals surface area contributed by atoms with Gasteiger partial charge in [-0.15, -0.1) is 0 Å². The molecule has 3 aliphatic heterocycles. The molecule has 5 heterocycles. The lowest BCUT2D eigenvalue weighted by molar-refractivity contribution is -0.136. The number of thioether (sulfide) groups is 1. The molecule has 3 aromatic rings. The topological polar surface area (TPSA) is 102 Å². The maximum Gasteiger partial charge on any atom is 0.308 e. The first-order valence-corrected chi connectivity index (χ1v) is 13.7. The smallest absolute Gasteiger partial charge is 0.308 e. The van der Waals surface area contributed by atoms with Crippen molar-refractivity contribution in [1.29, 1.82) is 0 Å². The minimum Gasteiger partial charge on any atom is -0.378 e. The second-order valence-corrected chi connectivity index (χ2v) is 11.4. The molecule has 0 radical (unpaired) electrons. The van der Waals surface area contributed by atoms with E-state index in [4.69, 9.17) is 4.74 Å². The molecule has 3 aliphatic rings. The van der Waals surface area contributed by atoms with E-state index >= 15 is 0 Å². The number of imide groups is 1. The van der Waals surface area contributed by atoms with Gasteiger partial charge < -0.3 is 9.64 Å². The molecule has 11 heteroatoms. The van der Waals surface area contributed by atoms with E-state index in [0.717, 1.165) is 22.5 Å². The molecule has 0 aliphatic carbocycles. The highest BCUT2D eigenvalue weighted by molar-refractivity contribution is 8.00. The number of morpholine rings is 1. The Morgan fingerprint density at radius 3 is 2.54 bits per heavy atom. The zero-order valence-corrected chi connectivity index (χ0v) is 21.7. The van der Waals surface area contributed by atoms with Crippen molar-refractivity contribution >= 4 is 46.5 Å². The van der Waals surface area contributed by atoms with Crippen molar-refractivity contribution in [2.45, 2.75) is 29.7 Å². The highest BCUT2D eigenvalue weighted by Crippen LogP contribution is 2.53. The summed E-state index contributed by atoms with van der Waals surface area (Å²) in [5, 5.41) is -0.135. The second-order valence-electron chi connectivity index (χ2n) is 9.29. The van der Waals surface area contributed by atoms with E-state index in [0.29, 0.717) is 41.9 Å². The zero-order chi connectivity index (χ0) is 25.7. The fourth-order valence-electron chi connectivity index (χ4n) is 5.17. The average molecular weight is 537 g/mol. The number of hydrogen-bond donors (Lipinski definition) is 0. The molecule has 3 atom stereocenters. The van der Waals surface area contributed by atoms with Gasteiger partial charge in [-0.3, -0.25) is 28.7 Å². The van der Waals surface area contributed by atoms with E-state index in [1.54, 1.807) is 35.5 Å². The highest BCUT2D eigenvalue weighted by Gasteiger charge is 2.56. The number of carbonyl (C=O) groups excluding carboxylic acids is 3. The van der Waals surface area contributed by atoms with Crippen LogP contribution in [0.2, 0.25) is 0 Å². The van der Waals surface area contributed by atoms with Crippen LogP contribution >= 0.6 is 23.1 Å². The summed E-state index contributed by atoms with van der Waals surface area (Å²) in [4.78, 5) is 61.4. The van der Waals surface area contributed by atoms with Gasteiger partial charge in [0, 0.05) is 36.3 Å². The fourth-order valence-corrected chi connectivity index (χ4v) is 7.94. The van der Waals surface area contributed by atoms with Gasteiger partial charge in [0.1, 0.15) is 11.8 Å². The number of nitrogens with zero attached hydrogens (tertiary/aromatic N) is 4. The summed E-state index contributed by atoms with van der Waals surface area (Å²) in [6, 6.07) is 10.9. The Balaban J connectivity index is 1.42. The first-order valence-electron chi connectivity index (χ1n) is 12.0. The number of hydrogen-bond acceptors (Lipinski definition) is 8. The van der Waals surface area contributed by atoms with E-state index in [1.165, 1.54) is 21.2 Å². The summed E-state index contributed by atoms with van der Waals surface area (Å²) >= 11 is 2.26. The number of carbonyl (C=O) groups is 3. The second kappa shape index (κ2) is 9.55. The molecule has 2 saturated heterocycles. The Kier molecular flexibility index (Phi) is 6.21. The molecule has 37 heavy (non-hydrogen) atoms. The maximum atomic E-state index is 13.8. The van der Waals surface area contributed by atoms with Crippen molar-refractivity contribution in [1.82, 2.24) is 14.5 Å². The van der Waals surface area contributed by atoms with Crippen molar-refractivity contribution in [2.24, 2.45) is 5.92 Å². The zero-order valence-electron chi connectivity index (χ0n) is 20.0. The van der Waals surface area contributed by atoms with Gasteiger partial charge in [0.05, 0.1) is 29.8 Å². The summed E-state index contributed by atoms with van der Waals surface area (Å²) in [5.74, 6) is -1.96.